The molecule has 1 aromatic carbocycles. The molecule has 4 nitrogen and oxygen atoms in total. The Hall–Kier alpha value is -1.98. The van der Waals surface area contributed by atoms with E-state index < -0.39 is 0 Å². The highest BCUT2D eigenvalue weighted by Crippen LogP contribution is 2.34. The van der Waals surface area contributed by atoms with Crippen molar-refractivity contribution in [2.75, 3.05) is 0 Å². The predicted octanol–water partition coefficient (Wildman–Crippen LogP) is 4.14. The highest BCUT2D eigenvalue weighted by molar-refractivity contribution is 7.11. The molecular formula is C16H14ClN3OS. The van der Waals surface area contributed by atoms with E-state index in [1.807, 2.05) is 32.9 Å². The van der Waals surface area contributed by atoms with E-state index in [4.69, 9.17) is 11.6 Å². The van der Waals surface area contributed by atoms with Gasteiger partial charge in [-0.3, -0.25) is 4.79 Å². The van der Waals surface area contributed by atoms with Gasteiger partial charge in [-0.15, -0.1) is 11.3 Å². The third kappa shape index (κ3) is 2.58. The van der Waals surface area contributed by atoms with E-state index in [1.165, 1.54) is 0 Å². The molecule has 0 unspecified atom stereocenters. The Kier molecular flexibility index (Phi) is 3.85. The number of aromatic amines is 1. The SMILES string of the molecule is Cc1nc(-c2c(-c3ccc(Cl)cc3)c(C)n[nH]c2=O)c(C)s1. The lowest BCUT2D eigenvalue weighted by Gasteiger charge is -2.10. The van der Waals surface area contributed by atoms with Crippen LogP contribution in [0.3, 0.4) is 0 Å². The minimum atomic E-state index is -0.232. The number of benzene rings is 1. The van der Waals surface area contributed by atoms with Crippen LogP contribution in [0.1, 0.15) is 15.6 Å². The van der Waals surface area contributed by atoms with E-state index in [0.717, 1.165) is 32.4 Å². The minimum absolute atomic E-state index is 0.232. The van der Waals surface area contributed by atoms with Crippen LogP contribution in [-0.4, -0.2) is 15.2 Å². The Balaban J connectivity index is 2.35. The number of hydrogen-bond acceptors (Lipinski definition) is 4. The highest BCUT2D eigenvalue weighted by Gasteiger charge is 2.19. The zero-order chi connectivity index (χ0) is 15.9. The van der Waals surface area contributed by atoms with Crippen molar-refractivity contribution in [2.24, 2.45) is 0 Å². The first kappa shape index (κ1) is 14.9. The molecule has 0 fully saturated rings. The molecule has 112 valence electrons. The van der Waals surface area contributed by atoms with Crippen LogP contribution >= 0.6 is 22.9 Å². The summed E-state index contributed by atoms with van der Waals surface area (Å²) >= 11 is 7.54. The van der Waals surface area contributed by atoms with Gasteiger partial charge < -0.3 is 0 Å². The van der Waals surface area contributed by atoms with E-state index in [-0.39, 0.29) is 5.56 Å². The van der Waals surface area contributed by atoms with Crippen LogP contribution < -0.4 is 5.56 Å². The Morgan fingerprint density at radius 1 is 1.09 bits per heavy atom. The van der Waals surface area contributed by atoms with E-state index in [0.29, 0.717) is 10.6 Å². The number of H-pyrrole nitrogens is 1. The smallest absolute Gasteiger partial charge is 0.267 e. The van der Waals surface area contributed by atoms with E-state index in [1.54, 1.807) is 23.5 Å². The summed E-state index contributed by atoms with van der Waals surface area (Å²) in [6.45, 7) is 5.78. The lowest BCUT2D eigenvalue weighted by Crippen LogP contribution is -2.14. The van der Waals surface area contributed by atoms with Gasteiger partial charge in [0.15, 0.2) is 0 Å². The highest BCUT2D eigenvalue weighted by atomic mass is 35.5. The summed E-state index contributed by atoms with van der Waals surface area (Å²) in [6.07, 6.45) is 0. The Labute approximate surface area is 136 Å². The van der Waals surface area contributed by atoms with Crippen molar-refractivity contribution in [1.29, 1.82) is 0 Å². The molecule has 0 aliphatic rings. The second-order valence-corrected chi connectivity index (χ2v) is 6.88. The van der Waals surface area contributed by atoms with Crippen LogP contribution in [0.5, 0.6) is 0 Å². The van der Waals surface area contributed by atoms with Gasteiger partial charge in [-0.2, -0.15) is 5.10 Å². The molecule has 22 heavy (non-hydrogen) atoms. The molecule has 0 amide bonds. The van der Waals surface area contributed by atoms with Crippen LogP contribution in [0.15, 0.2) is 29.1 Å². The first-order valence-corrected chi connectivity index (χ1v) is 7.96. The van der Waals surface area contributed by atoms with Gasteiger partial charge in [0.1, 0.15) is 0 Å². The molecule has 0 radical (unpaired) electrons. The van der Waals surface area contributed by atoms with Gasteiger partial charge >= 0.3 is 0 Å². The summed E-state index contributed by atoms with van der Waals surface area (Å²) in [5, 5.41) is 8.25. The summed E-state index contributed by atoms with van der Waals surface area (Å²) in [6, 6.07) is 7.40. The molecule has 1 N–H and O–H groups in total. The molecule has 0 saturated heterocycles. The molecule has 3 aromatic rings. The van der Waals surface area contributed by atoms with Crippen LogP contribution in [0.25, 0.3) is 22.4 Å². The van der Waals surface area contributed by atoms with Crippen LogP contribution in [0, 0.1) is 20.8 Å². The Bertz CT molecular complexity index is 897. The molecule has 0 aliphatic carbocycles. The maximum absolute atomic E-state index is 12.4. The van der Waals surface area contributed by atoms with Crippen molar-refractivity contribution in [1.82, 2.24) is 15.2 Å². The first-order chi connectivity index (χ1) is 10.5. The number of aromatic nitrogens is 3. The zero-order valence-corrected chi connectivity index (χ0v) is 14.0. The fraction of sp³-hybridized carbons (Fsp3) is 0.188. The van der Waals surface area contributed by atoms with E-state index in [2.05, 4.69) is 15.2 Å². The van der Waals surface area contributed by atoms with Gasteiger partial charge in [0, 0.05) is 15.5 Å². The van der Waals surface area contributed by atoms with Crippen molar-refractivity contribution in [3.63, 3.8) is 0 Å². The summed E-state index contributed by atoms with van der Waals surface area (Å²) in [7, 11) is 0. The molecule has 0 saturated carbocycles. The minimum Gasteiger partial charge on any atom is -0.267 e. The third-order valence-electron chi connectivity index (χ3n) is 3.44. The van der Waals surface area contributed by atoms with Crippen LogP contribution in [-0.2, 0) is 0 Å². The number of nitrogens with one attached hydrogen (secondary N) is 1. The summed E-state index contributed by atoms with van der Waals surface area (Å²) in [5.74, 6) is 0. The van der Waals surface area contributed by atoms with Crippen LogP contribution in [0.4, 0.5) is 0 Å². The largest absolute Gasteiger partial charge is 0.274 e. The average Bonchev–Trinajstić information content (AvgIpc) is 2.81. The number of thiazole rings is 1. The Morgan fingerprint density at radius 3 is 2.36 bits per heavy atom. The van der Waals surface area contributed by atoms with Crippen molar-refractivity contribution in [3.8, 4) is 22.4 Å². The molecule has 3 rings (SSSR count). The molecular weight excluding hydrogens is 318 g/mol. The van der Waals surface area contributed by atoms with Gasteiger partial charge in [0.05, 0.1) is 22.0 Å². The zero-order valence-electron chi connectivity index (χ0n) is 12.4. The van der Waals surface area contributed by atoms with Crippen molar-refractivity contribution >= 4 is 22.9 Å². The average molecular weight is 332 g/mol. The molecule has 2 heterocycles. The van der Waals surface area contributed by atoms with Crippen molar-refractivity contribution in [3.05, 3.63) is 55.2 Å². The second kappa shape index (κ2) is 5.66. The molecule has 2 aromatic heterocycles. The summed E-state index contributed by atoms with van der Waals surface area (Å²) < 4.78 is 0. The molecule has 0 spiro atoms. The van der Waals surface area contributed by atoms with E-state index >= 15 is 0 Å². The van der Waals surface area contributed by atoms with Gasteiger partial charge in [0.2, 0.25) is 0 Å². The molecule has 0 bridgehead atoms. The second-order valence-electron chi connectivity index (χ2n) is 5.03. The number of halogens is 1. The summed E-state index contributed by atoms with van der Waals surface area (Å²) in [4.78, 5) is 18.0. The Morgan fingerprint density at radius 2 is 1.77 bits per heavy atom. The van der Waals surface area contributed by atoms with Crippen LogP contribution in [0.2, 0.25) is 5.02 Å². The maximum Gasteiger partial charge on any atom is 0.274 e. The molecule has 0 atom stereocenters. The first-order valence-electron chi connectivity index (χ1n) is 6.77. The molecule has 0 aliphatic heterocycles. The van der Waals surface area contributed by atoms with Gasteiger partial charge in [-0.05, 0) is 38.5 Å². The van der Waals surface area contributed by atoms with Gasteiger partial charge in [-0.1, -0.05) is 23.7 Å². The monoisotopic (exact) mass is 331 g/mol. The maximum atomic E-state index is 12.4. The standard InChI is InChI=1S/C16H14ClN3OS/c1-8-13(11-4-6-12(17)7-5-11)14(16(21)20-19-8)15-9(2)22-10(3)18-15/h4-7H,1-3H3,(H,20,21). The fourth-order valence-electron chi connectivity index (χ4n) is 2.50. The quantitative estimate of drug-likeness (QED) is 0.767. The normalized spacial score (nSPS) is 10.9. The van der Waals surface area contributed by atoms with E-state index in [9.17, 15) is 4.79 Å². The predicted molar refractivity (Wildman–Crippen MR) is 90.6 cm³/mol. The number of rotatable bonds is 2. The van der Waals surface area contributed by atoms with Gasteiger partial charge in [0.25, 0.3) is 5.56 Å². The molecule has 6 heteroatoms. The third-order valence-corrected chi connectivity index (χ3v) is 4.58. The topological polar surface area (TPSA) is 58.6 Å². The summed E-state index contributed by atoms with van der Waals surface area (Å²) in [5.41, 5.74) is 3.51. The number of nitrogens with zero attached hydrogens (tertiary/aromatic N) is 2. The number of aryl methyl sites for hydroxylation is 3. The lowest BCUT2D eigenvalue weighted by molar-refractivity contribution is 0.949. The number of hydrogen-bond donors (Lipinski definition) is 1. The van der Waals surface area contributed by atoms with Gasteiger partial charge in [-0.25, -0.2) is 10.1 Å². The fourth-order valence-corrected chi connectivity index (χ4v) is 3.45. The van der Waals surface area contributed by atoms with Crippen molar-refractivity contribution in [2.45, 2.75) is 20.8 Å². The lowest BCUT2D eigenvalue weighted by atomic mass is 9.97. The van der Waals surface area contributed by atoms with Crippen molar-refractivity contribution < 1.29 is 0 Å².